The number of fused-ring (bicyclic) bond motifs is 1. The molecule has 0 bridgehead atoms. The first-order valence-electron chi connectivity index (χ1n) is 12.8. The molecule has 2 saturated heterocycles. The Morgan fingerprint density at radius 2 is 1.80 bits per heavy atom. The summed E-state index contributed by atoms with van der Waals surface area (Å²) in [6.07, 6.45) is 6.79. The van der Waals surface area contributed by atoms with Crippen LogP contribution in [-0.4, -0.2) is 72.5 Å². The van der Waals surface area contributed by atoms with Crippen LogP contribution in [0.15, 0.2) is 30.5 Å². The number of rotatable bonds is 4. The second-order valence-electron chi connectivity index (χ2n) is 10.4. The van der Waals surface area contributed by atoms with Gasteiger partial charge in [0.05, 0.1) is 0 Å². The minimum absolute atomic E-state index is 0.0897. The Morgan fingerprint density at radius 1 is 1.06 bits per heavy atom. The second-order valence-corrected chi connectivity index (χ2v) is 10.4. The van der Waals surface area contributed by atoms with Gasteiger partial charge in [0.15, 0.2) is 0 Å². The average molecular weight is 476 g/mol. The van der Waals surface area contributed by atoms with E-state index < -0.39 is 5.41 Å². The van der Waals surface area contributed by atoms with Crippen molar-refractivity contribution < 1.29 is 9.59 Å². The van der Waals surface area contributed by atoms with E-state index in [0.717, 1.165) is 63.1 Å². The Bertz CT molecular complexity index is 1120. The summed E-state index contributed by atoms with van der Waals surface area (Å²) < 4.78 is 0. The summed E-state index contributed by atoms with van der Waals surface area (Å²) in [5, 5.41) is 6.20. The number of hydrogen-bond donors (Lipinski definition) is 2. The summed E-state index contributed by atoms with van der Waals surface area (Å²) in [6, 6.07) is 8.45. The van der Waals surface area contributed by atoms with Gasteiger partial charge in [0.25, 0.3) is 0 Å². The Labute approximate surface area is 205 Å². The first-order valence-corrected chi connectivity index (χ1v) is 12.8. The van der Waals surface area contributed by atoms with Gasteiger partial charge in [-0.2, -0.15) is 4.98 Å². The van der Waals surface area contributed by atoms with Gasteiger partial charge in [0.1, 0.15) is 11.2 Å². The fourth-order valence-corrected chi connectivity index (χ4v) is 6.01. The first kappa shape index (κ1) is 22.3. The van der Waals surface area contributed by atoms with E-state index >= 15 is 0 Å². The van der Waals surface area contributed by atoms with Crippen molar-refractivity contribution in [1.29, 1.82) is 0 Å². The molecule has 2 N–H and O–H groups in total. The summed E-state index contributed by atoms with van der Waals surface area (Å²) in [7, 11) is 2.16. The minimum atomic E-state index is -1.01. The first-order chi connectivity index (χ1) is 17.0. The van der Waals surface area contributed by atoms with E-state index in [1.54, 1.807) is 6.20 Å². The quantitative estimate of drug-likeness (QED) is 0.656. The van der Waals surface area contributed by atoms with E-state index in [1.807, 2.05) is 17.0 Å². The third-order valence-electron chi connectivity index (χ3n) is 8.14. The molecule has 1 aromatic carbocycles. The zero-order valence-corrected chi connectivity index (χ0v) is 20.3. The van der Waals surface area contributed by atoms with Crippen LogP contribution >= 0.6 is 0 Å². The maximum atomic E-state index is 13.8. The number of carbonyl (C=O) groups excluding carboxylic acids is 2. The Hall–Kier alpha value is -3.20. The Balaban J connectivity index is 1.26. The summed E-state index contributed by atoms with van der Waals surface area (Å²) in [5.41, 5.74) is 1.99. The van der Waals surface area contributed by atoms with E-state index in [4.69, 9.17) is 4.98 Å². The summed E-state index contributed by atoms with van der Waals surface area (Å²) in [6.45, 7) is 4.75. The van der Waals surface area contributed by atoms with Crippen molar-refractivity contribution in [2.45, 2.75) is 44.6 Å². The molecule has 1 spiro atoms. The number of carbonyl (C=O) groups is 2. The molecule has 0 radical (unpaired) electrons. The normalized spacial score (nSPS) is 25.3. The van der Waals surface area contributed by atoms with Crippen molar-refractivity contribution in [2.75, 3.05) is 54.9 Å². The van der Waals surface area contributed by atoms with Crippen LogP contribution in [0.2, 0.25) is 0 Å². The molecule has 184 valence electrons. The van der Waals surface area contributed by atoms with Gasteiger partial charge >= 0.3 is 0 Å². The van der Waals surface area contributed by atoms with Gasteiger partial charge in [-0.1, -0.05) is 12.8 Å². The highest BCUT2D eigenvalue weighted by atomic mass is 16.2. The lowest BCUT2D eigenvalue weighted by Crippen LogP contribution is -2.56. The molecule has 2 amide bonds. The van der Waals surface area contributed by atoms with Crippen LogP contribution < -0.4 is 20.4 Å². The molecule has 1 atom stereocenters. The summed E-state index contributed by atoms with van der Waals surface area (Å²) in [4.78, 5) is 42.5. The van der Waals surface area contributed by atoms with Crippen LogP contribution in [0.25, 0.3) is 0 Å². The van der Waals surface area contributed by atoms with Crippen molar-refractivity contribution in [3.63, 3.8) is 0 Å². The highest BCUT2D eigenvalue weighted by Gasteiger charge is 2.56. The molecule has 2 aromatic rings. The van der Waals surface area contributed by atoms with Crippen LogP contribution in [0.3, 0.4) is 0 Å². The lowest BCUT2D eigenvalue weighted by atomic mass is 9.76. The number of hydrogen-bond acceptors (Lipinski definition) is 7. The maximum Gasteiger partial charge on any atom is 0.244 e. The van der Waals surface area contributed by atoms with Crippen LogP contribution in [0, 0.1) is 5.41 Å². The van der Waals surface area contributed by atoms with Crippen molar-refractivity contribution in [3.8, 4) is 0 Å². The highest BCUT2D eigenvalue weighted by Crippen LogP contribution is 2.44. The molecule has 6 rings (SSSR count). The van der Waals surface area contributed by atoms with E-state index in [0.29, 0.717) is 31.2 Å². The van der Waals surface area contributed by atoms with Crippen LogP contribution in [0.5, 0.6) is 0 Å². The number of anilines is 4. The SMILES string of the molecule is CN1CCN(c2ccc(Nc3ncc4c(n3)N(C3CCCC3)C(=O)C3(CCNC3=O)C4)cc2)CC1. The van der Waals surface area contributed by atoms with E-state index in [-0.39, 0.29) is 17.9 Å². The van der Waals surface area contributed by atoms with Gasteiger partial charge < -0.3 is 20.4 Å². The zero-order chi connectivity index (χ0) is 24.0. The second kappa shape index (κ2) is 8.78. The Kier molecular flexibility index (Phi) is 5.59. The fourth-order valence-electron chi connectivity index (χ4n) is 6.01. The standard InChI is InChI=1S/C26H33N7O2/c1-31-12-14-32(15-13-31)20-8-6-19(7-9-20)29-25-28-17-18-16-26(10-11-27-23(26)34)24(35)33(22(18)30-25)21-4-2-3-5-21/h6-9,17,21H,2-5,10-16H2,1H3,(H,27,34)(H,28,29,30). The van der Waals surface area contributed by atoms with Crippen LogP contribution in [0.1, 0.15) is 37.7 Å². The predicted octanol–water partition coefficient (Wildman–Crippen LogP) is 2.31. The number of aromatic nitrogens is 2. The minimum Gasteiger partial charge on any atom is -0.369 e. The molecule has 1 unspecified atom stereocenters. The molecule has 4 aliphatic rings. The predicted molar refractivity (Wildman–Crippen MR) is 135 cm³/mol. The van der Waals surface area contributed by atoms with Crippen LogP contribution in [0.4, 0.5) is 23.1 Å². The van der Waals surface area contributed by atoms with E-state index in [9.17, 15) is 9.59 Å². The third-order valence-corrected chi connectivity index (χ3v) is 8.14. The smallest absolute Gasteiger partial charge is 0.244 e. The largest absolute Gasteiger partial charge is 0.369 e. The summed E-state index contributed by atoms with van der Waals surface area (Å²) in [5.74, 6) is 0.893. The molecule has 1 aliphatic carbocycles. The molecule has 4 heterocycles. The lowest BCUT2D eigenvalue weighted by molar-refractivity contribution is -0.140. The number of nitrogens with one attached hydrogen (secondary N) is 2. The number of benzene rings is 1. The monoisotopic (exact) mass is 475 g/mol. The average Bonchev–Trinajstić information content (AvgIpc) is 3.52. The number of amides is 2. The van der Waals surface area contributed by atoms with Gasteiger partial charge in [-0.25, -0.2) is 4.98 Å². The van der Waals surface area contributed by atoms with Gasteiger partial charge in [-0.3, -0.25) is 14.5 Å². The highest BCUT2D eigenvalue weighted by molar-refractivity contribution is 6.14. The molecular weight excluding hydrogens is 442 g/mol. The van der Waals surface area contributed by atoms with E-state index in [2.05, 4.69) is 44.6 Å². The Morgan fingerprint density at radius 3 is 2.49 bits per heavy atom. The van der Waals surface area contributed by atoms with Crippen molar-refractivity contribution in [2.24, 2.45) is 5.41 Å². The van der Waals surface area contributed by atoms with Gasteiger partial charge in [0, 0.05) is 68.3 Å². The molecule has 35 heavy (non-hydrogen) atoms. The number of nitrogens with zero attached hydrogens (tertiary/aromatic N) is 5. The molecule has 1 aromatic heterocycles. The third kappa shape index (κ3) is 3.91. The van der Waals surface area contributed by atoms with Gasteiger partial charge in [-0.15, -0.1) is 0 Å². The molecular formula is C26H33N7O2. The molecule has 3 aliphatic heterocycles. The van der Waals surface area contributed by atoms with Crippen molar-refractivity contribution in [1.82, 2.24) is 20.2 Å². The number of piperazine rings is 1. The molecule has 9 heteroatoms. The number of likely N-dealkylation sites (N-methyl/N-ethyl adjacent to an activating group) is 1. The van der Waals surface area contributed by atoms with Gasteiger partial charge in [-0.05, 0) is 50.6 Å². The topological polar surface area (TPSA) is 93.7 Å². The van der Waals surface area contributed by atoms with Gasteiger partial charge in [0.2, 0.25) is 17.8 Å². The van der Waals surface area contributed by atoms with Crippen molar-refractivity contribution in [3.05, 3.63) is 36.0 Å². The lowest BCUT2D eigenvalue weighted by Gasteiger charge is -2.40. The maximum absolute atomic E-state index is 13.8. The van der Waals surface area contributed by atoms with E-state index in [1.165, 1.54) is 5.69 Å². The molecule has 3 fully saturated rings. The zero-order valence-electron chi connectivity index (χ0n) is 20.3. The molecule has 1 saturated carbocycles. The van der Waals surface area contributed by atoms with Crippen molar-refractivity contribution >= 4 is 35.0 Å². The fraction of sp³-hybridized carbons (Fsp3) is 0.538. The summed E-state index contributed by atoms with van der Waals surface area (Å²) >= 11 is 0. The van der Waals surface area contributed by atoms with Crippen LogP contribution in [-0.2, 0) is 16.0 Å². The molecule has 9 nitrogen and oxygen atoms in total.